The molecule has 1 unspecified atom stereocenters. The summed E-state index contributed by atoms with van der Waals surface area (Å²) in [7, 11) is 1.34. The van der Waals surface area contributed by atoms with Gasteiger partial charge in [-0.05, 0) is 43.1 Å². The molecule has 0 saturated carbocycles. The van der Waals surface area contributed by atoms with Gasteiger partial charge in [0.25, 0.3) is 0 Å². The molecule has 26 heavy (non-hydrogen) atoms. The monoisotopic (exact) mass is 352 g/mol. The van der Waals surface area contributed by atoms with Gasteiger partial charge in [-0.2, -0.15) is 0 Å². The third kappa shape index (κ3) is 4.70. The summed E-state index contributed by atoms with van der Waals surface area (Å²) in [5, 5.41) is 2.94. The van der Waals surface area contributed by atoms with Crippen molar-refractivity contribution in [3.05, 3.63) is 65.7 Å². The minimum atomic E-state index is -0.409. The largest absolute Gasteiger partial charge is 0.465 e. The van der Waals surface area contributed by atoms with Crippen molar-refractivity contribution in [2.45, 2.75) is 19.4 Å². The van der Waals surface area contributed by atoms with Crippen LogP contribution in [0, 0.1) is 5.92 Å². The highest BCUT2D eigenvalue weighted by atomic mass is 16.5. The van der Waals surface area contributed by atoms with Crippen molar-refractivity contribution < 1.29 is 14.3 Å². The molecular weight excluding hydrogens is 328 g/mol. The van der Waals surface area contributed by atoms with Crippen LogP contribution in [-0.4, -0.2) is 37.0 Å². The van der Waals surface area contributed by atoms with Crippen LogP contribution in [0.2, 0.25) is 0 Å². The smallest absolute Gasteiger partial charge is 0.337 e. The summed E-state index contributed by atoms with van der Waals surface area (Å²) in [6, 6.07) is 17.2. The highest BCUT2D eigenvalue weighted by molar-refractivity contribution is 5.95. The van der Waals surface area contributed by atoms with Gasteiger partial charge in [0.2, 0.25) is 5.91 Å². The van der Waals surface area contributed by atoms with E-state index >= 15 is 0 Å². The number of piperidine rings is 1. The van der Waals surface area contributed by atoms with Crippen LogP contribution in [-0.2, 0) is 16.1 Å². The van der Waals surface area contributed by atoms with Crippen LogP contribution in [0.4, 0.5) is 5.69 Å². The summed E-state index contributed by atoms with van der Waals surface area (Å²) in [4.78, 5) is 26.6. The molecule has 1 atom stereocenters. The lowest BCUT2D eigenvalue weighted by atomic mass is 9.96. The summed E-state index contributed by atoms with van der Waals surface area (Å²) in [6.07, 6.45) is 1.89. The molecule has 2 aromatic carbocycles. The van der Waals surface area contributed by atoms with Gasteiger partial charge in [0, 0.05) is 18.8 Å². The Kier molecular flexibility index (Phi) is 6.02. The van der Waals surface area contributed by atoms with E-state index in [9.17, 15) is 9.59 Å². The van der Waals surface area contributed by atoms with Crippen LogP contribution in [0.1, 0.15) is 28.8 Å². The van der Waals surface area contributed by atoms with Crippen molar-refractivity contribution in [2.24, 2.45) is 5.92 Å². The second-order valence-corrected chi connectivity index (χ2v) is 6.62. The number of rotatable bonds is 5. The number of likely N-dealkylation sites (tertiary alicyclic amines) is 1. The zero-order valence-electron chi connectivity index (χ0n) is 15.0. The first kappa shape index (κ1) is 18.1. The van der Waals surface area contributed by atoms with Crippen LogP contribution < -0.4 is 5.32 Å². The highest BCUT2D eigenvalue weighted by Gasteiger charge is 2.26. The second-order valence-electron chi connectivity index (χ2n) is 6.62. The molecule has 0 spiro atoms. The second kappa shape index (κ2) is 8.63. The van der Waals surface area contributed by atoms with Crippen molar-refractivity contribution in [3.8, 4) is 0 Å². The highest BCUT2D eigenvalue weighted by Crippen LogP contribution is 2.21. The number of carbonyl (C=O) groups excluding carboxylic acids is 2. The number of hydrogen-bond acceptors (Lipinski definition) is 4. The third-order valence-electron chi connectivity index (χ3n) is 4.68. The van der Waals surface area contributed by atoms with Gasteiger partial charge in [-0.1, -0.05) is 36.4 Å². The van der Waals surface area contributed by atoms with E-state index in [-0.39, 0.29) is 11.8 Å². The molecule has 0 bridgehead atoms. The molecule has 3 rings (SSSR count). The molecule has 1 amide bonds. The van der Waals surface area contributed by atoms with Crippen LogP contribution in [0.5, 0.6) is 0 Å². The molecule has 5 heteroatoms. The molecule has 2 aromatic rings. The van der Waals surface area contributed by atoms with E-state index in [2.05, 4.69) is 22.3 Å². The average Bonchev–Trinajstić information content (AvgIpc) is 2.68. The minimum Gasteiger partial charge on any atom is -0.465 e. The fourth-order valence-corrected chi connectivity index (χ4v) is 3.34. The Balaban J connectivity index is 1.60. The van der Waals surface area contributed by atoms with Crippen LogP contribution in [0.15, 0.2) is 54.6 Å². The predicted molar refractivity (Wildman–Crippen MR) is 101 cm³/mol. The third-order valence-corrected chi connectivity index (χ3v) is 4.68. The number of nitrogens with zero attached hydrogens (tertiary/aromatic N) is 1. The molecule has 1 heterocycles. The predicted octanol–water partition coefficient (Wildman–Crippen LogP) is 3.32. The number of ether oxygens (including phenoxy) is 1. The lowest BCUT2D eigenvalue weighted by Gasteiger charge is -2.32. The molecule has 1 fully saturated rings. The summed E-state index contributed by atoms with van der Waals surface area (Å²) in [5.74, 6) is -0.452. The molecule has 1 aliphatic heterocycles. The topological polar surface area (TPSA) is 58.6 Å². The molecule has 0 radical (unpaired) electrons. The Bertz CT molecular complexity index is 761. The Morgan fingerprint density at radius 2 is 1.96 bits per heavy atom. The van der Waals surface area contributed by atoms with Gasteiger partial charge in [0.1, 0.15) is 0 Å². The maximum atomic E-state index is 12.7. The maximum absolute atomic E-state index is 12.7. The summed E-state index contributed by atoms with van der Waals surface area (Å²) in [6.45, 7) is 2.62. The van der Waals surface area contributed by atoms with Crippen LogP contribution in [0.25, 0.3) is 0 Å². The Morgan fingerprint density at radius 3 is 2.73 bits per heavy atom. The van der Waals surface area contributed by atoms with Gasteiger partial charge in [-0.3, -0.25) is 9.69 Å². The molecule has 1 aliphatic rings. The maximum Gasteiger partial charge on any atom is 0.337 e. The summed E-state index contributed by atoms with van der Waals surface area (Å²) >= 11 is 0. The standard InChI is InChI=1S/C21H24N2O3/c1-26-21(25)17-9-5-11-19(13-17)22-20(24)18-10-6-12-23(15-18)14-16-7-3-2-4-8-16/h2-5,7-9,11,13,18H,6,10,12,14-15H2,1H3,(H,22,24). The van der Waals surface area contributed by atoms with Gasteiger partial charge in [0.15, 0.2) is 0 Å². The molecule has 1 N–H and O–H groups in total. The Morgan fingerprint density at radius 1 is 1.15 bits per heavy atom. The van der Waals surface area contributed by atoms with E-state index in [1.54, 1.807) is 24.3 Å². The zero-order chi connectivity index (χ0) is 18.4. The van der Waals surface area contributed by atoms with Crippen molar-refractivity contribution in [1.82, 2.24) is 4.90 Å². The van der Waals surface area contributed by atoms with E-state index in [0.29, 0.717) is 11.3 Å². The summed E-state index contributed by atoms with van der Waals surface area (Å²) in [5.41, 5.74) is 2.32. The summed E-state index contributed by atoms with van der Waals surface area (Å²) < 4.78 is 4.72. The van der Waals surface area contributed by atoms with E-state index < -0.39 is 5.97 Å². The number of amides is 1. The molecule has 0 aromatic heterocycles. The number of carbonyl (C=O) groups is 2. The molecule has 1 saturated heterocycles. The first-order chi connectivity index (χ1) is 12.7. The number of nitrogens with one attached hydrogen (secondary N) is 1. The Hall–Kier alpha value is -2.66. The Labute approximate surface area is 154 Å². The fraction of sp³-hybridized carbons (Fsp3) is 0.333. The van der Waals surface area contributed by atoms with Gasteiger partial charge in [0.05, 0.1) is 18.6 Å². The van der Waals surface area contributed by atoms with Crippen molar-refractivity contribution in [3.63, 3.8) is 0 Å². The SMILES string of the molecule is COC(=O)c1cccc(NC(=O)C2CCCN(Cc3ccccc3)C2)c1. The lowest BCUT2D eigenvalue weighted by Crippen LogP contribution is -2.40. The first-order valence-corrected chi connectivity index (χ1v) is 8.91. The van der Waals surface area contributed by atoms with Gasteiger partial charge >= 0.3 is 5.97 Å². The van der Waals surface area contributed by atoms with Gasteiger partial charge in [-0.25, -0.2) is 4.79 Å². The van der Waals surface area contributed by atoms with Gasteiger partial charge in [-0.15, -0.1) is 0 Å². The van der Waals surface area contributed by atoms with Crippen molar-refractivity contribution >= 4 is 17.6 Å². The number of methoxy groups -OCH3 is 1. The van der Waals surface area contributed by atoms with Crippen molar-refractivity contribution in [1.29, 1.82) is 0 Å². The first-order valence-electron chi connectivity index (χ1n) is 8.91. The van der Waals surface area contributed by atoms with Crippen LogP contribution >= 0.6 is 0 Å². The molecule has 0 aliphatic carbocycles. The minimum absolute atomic E-state index is 0.00442. The molecule has 136 valence electrons. The zero-order valence-corrected chi connectivity index (χ0v) is 15.0. The van der Waals surface area contributed by atoms with E-state index in [1.165, 1.54) is 12.7 Å². The van der Waals surface area contributed by atoms with E-state index in [0.717, 1.165) is 32.5 Å². The lowest BCUT2D eigenvalue weighted by molar-refractivity contribution is -0.121. The van der Waals surface area contributed by atoms with Gasteiger partial charge < -0.3 is 10.1 Å². The van der Waals surface area contributed by atoms with Crippen molar-refractivity contribution in [2.75, 3.05) is 25.5 Å². The normalized spacial score (nSPS) is 17.5. The number of esters is 1. The number of benzene rings is 2. The molecule has 5 nitrogen and oxygen atoms in total. The number of hydrogen-bond donors (Lipinski definition) is 1. The fourth-order valence-electron chi connectivity index (χ4n) is 3.34. The van der Waals surface area contributed by atoms with E-state index in [1.807, 2.05) is 18.2 Å². The molecular formula is C21H24N2O3. The van der Waals surface area contributed by atoms with Crippen LogP contribution in [0.3, 0.4) is 0 Å². The van der Waals surface area contributed by atoms with E-state index in [4.69, 9.17) is 4.74 Å². The number of anilines is 1. The quantitative estimate of drug-likeness (QED) is 0.839. The average molecular weight is 352 g/mol.